The standard InChI is InChI=1S/C22H31N3O2/c1-5-27-21-23-20(17-11-13-18(14-12-17)22(2,3)4)25(24-21)19(26)15-10-16-8-6-7-9-16/h11-14,16H,5-10,15H2,1-4H3. The third-order valence-corrected chi connectivity index (χ3v) is 5.35. The molecule has 1 aliphatic carbocycles. The molecule has 1 saturated carbocycles. The number of rotatable bonds is 6. The van der Waals surface area contributed by atoms with Crippen molar-refractivity contribution < 1.29 is 9.53 Å². The Morgan fingerprint density at radius 3 is 2.44 bits per heavy atom. The number of carbonyl (C=O) groups is 1. The van der Waals surface area contributed by atoms with Crippen molar-refractivity contribution in [3.8, 4) is 17.4 Å². The predicted octanol–water partition coefficient (Wildman–Crippen LogP) is 5.25. The van der Waals surface area contributed by atoms with Crippen LogP contribution in [0, 0.1) is 5.92 Å². The molecule has 27 heavy (non-hydrogen) atoms. The molecule has 0 bridgehead atoms. The summed E-state index contributed by atoms with van der Waals surface area (Å²) in [7, 11) is 0. The van der Waals surface area contributed by atoms with Gasteiger partial charge in [0.05, 0.1) is 6.61 Å². The maximum absolute atomic E-state index is 12.8. The van der Waals surface area contributed by atoms with E-state index in [4.69, 9.17) is 4.74 Å². The van der Waals surface area contributed by atoms with E-state index in [0.29, 0.717) is 24.8 Å². The highest BCUT2D eigenvalue weighted by atomic mass is 16.5. The largest absolute Gasteiger partial charge is 0.463 e. The fraction of sp³-hybridized carbons (Fsp3) is 0.591. The Morgan fingerprint density at radius 2 is 1.85 bits per heavy atom. The lowest BCUT2D eigenvalue weighted by Gasteiger charge is -2.19. The molecule has 1 heterocycles. The summed E-state index contributed by atoms with van der Waals surface area (Å²) in [6.07, 6.45) is 6.52. The van der Waals surface area contributed by atoms with E-state index in [-0.39, 0.29) is 17.3 Å². The quantitative estimate of drug-likeness (QED) is 0.697. The monoisotopic (exact) mass is 369 g/mol. The van der Waals surface area contributed by atoms with Crippen molar-refractivity contribution in [2.24, 2.45) is 5.92 Å². The highest BCUT2D eigenvalue weighted by Gasteiger charge is 2.22. The smallest absolute Gasteiger partial charge is 0.336 e. The second kappa shape index (κ2) is 8.24. The Balaban J connectivity index is 1.83. The number of ether oxygens (including phenoxy) is 1. The first-order valence-corrected chi connectivity index (χ1v) is 10.1. The van der Waals surface area contributed by atoms with Crippen molar-refractivity contribution in [3.63, 3.8) is 0 Å². The van der Waals surface area contributed by atoms with Gasteiger partial charge in [-0.15, -0.1) is 5.10 Å². The van der Waals surface area contributed by atoms with Crippen LogP contribution in [0.25, 0.3) is 11.4 Å². The second-order valence-corrected chi connectivity index (χ2v) is 8.47. The summed E-state index contributed by atoms with van der Waals surface area (Å²) in [5.41, 5.74) is 2.21. The number of nitrogens with zero attached hydrogens (tertiary/aromatic N) is 3. The van der Waals surface area contributed by atoms with Crippen LogP contribution in [-0.4, -0.2) is 27.3 Å². The van der Waals surface area contributed by atoms with Crippen molar-refractivity contribution in [1.82, 2.24) is 14.8 Å². The third kappa shape index (κ3) is 4.76. The highest BCUT2D eigenvalue weighted by molar-refractivity contribution is 5.82. The van der Waals surface area contributed by atoms with Crippen LogP contribution in [0.2, 0.25) is 0 Å². The molecule has 1 fully saturated rings. The van der Waals surface area contributed by atoms with Crippen LogP contribution >= 0.6 is 0 Å². The van der Waals surface area contributed by atoms with Crippen LogP contribution in [0.4, 0.5) is 0 Å². The maximum Gasteiger partial charge on any atom is 0.336 e. The molecule has 0 radical (unpaired) electrons. The summed E-state index contributed by atoms with van der Waals surface area (Å²) in [6.45, 7) is 8.92. The molecule has 0 amide bonds. The molecule has 1 aliphatic rings. The predicted molar refractivity (Wildman–Crippen MR) is 107 cm³/mol. The van der Waals surface area contributed by atoms with Gasteiger partial charge in [0.2, 0.25) is 5.91 Å². The Bertz CT molecular complexity index is 766. The Morgan fingerprint density at radius 1 is 1.19 bits per heavy atom. The van der Waals surface area contributed by atoms with E-state index < -0.39 is 0 Å². The van der Waals surface area contributed by atoms with Gasteiger partial charge in [0.1, 0.15) is 0 Å². The SMILES string of the molecule is CCOc1nc(-c2ccc(C(C)(C)C)cc2)n(C(=O)CCC2CCCC2)n1. The first kappa shape index (κ1) is 19.6. The van der Waals surface area contributed by atoms with E-state index in [1.807, 2.05) is 19.1 Å². The van der Waals surface area contributed by atoms with E-state index in [0.717, 1.165) is 12.0 Å². The lowest BCUT2D eigenvalue weighted by atomic mass is 9.87. The first-order chi connectivity index (χ1) is 12.9. The molecule has 5 nitrogen and oxygen atoms in total. The van der Waals surface area contributed by atoms with Crippen molar-refractivity contribution in [2.45, 2.75) is 71.6 Å². The molecular formula is C22H31N3O2. The minimum atomic E-state index is -0.00440. The van der Waals surface area contributed by atoms with Crippen LogP contribution in [0.5, 0.6) is 6.01 Å². The van der Waals surface area contributed by atoms with Crippen LogP contribution in [0.3, 0.4) is 0 Å². The summed E-state index contributed by atoms with van der Waals surface area (Å²) in [4.78, 5) is 17.3. The molecule has 0 atom stereocenters. The van der Waals surface area contributed by atoms with Crippen LogP contribution in [-0.2, 0) is 5.41 Å². The van der Waals surface area contributed by atoms with Gasteiger partial charge in [-0.3, -0.25) is 4.79 Å². The Kier molecular flexibility index (Phi) is 5.98. The van der Waals surface area contributed by atoms with Crippen molar-refractivity contribution >= 4 is 5.91 Å². The molecule has 1 aromatic heterocycles. The van der Waals surface area contributed by atoms with Crippen LogP contribution in [0.15, 0.2) is 24.3 Å². The zero-order valence-electron chi connectivity index (χ0n) is 17.0. The van der Waals surface area contributed by atoms with Gasteiger partial charge in [0, 0.05) is 12.0 Å². The second-order valence-electron chi connectivity index (χ2n) is 8.47. The van der Waals surface area contributed by atoms with Gasteiger partial charge in [-0.2, -0.15) is 9.67 Å². The summed E-state index contributed by atoms with van der Waals surface area (Å²) in [5.74, 6) is 1.24. The molecule has 0 saturated heterocycles. The molecule has 0 N–H and O–H groups in total. The van der Waals surface area contributed by atoms with Gasteiger partial charge in [-0.05, 0) is 30.2 Å². The summed E-state index contributed by atoms with van der Waals surface area (Å²) in [6, 6.07) is 8.49. The normalized spacial score (nSPS) is 15.3. The fourth-order valence-corrected chi connectivity index (χ4v) is 3.70. The van der Waals surface area contributed by atoms with Gasteiger partial charge in [0.15, 0.2) is 5.82 Å². The van der Waals surface area contributed by atoms with Crippen molar-refractivity contribution in [1.29, 1.82) is 0 Å². The number of benzene rings is 1. The number of carbonyl (C=O) groups excluding carboxylic acids is 1. The molecule has 1 aromatic carbocycles. The highest BCUT2D eigenvalue weighted by Crippen LogP contribution is 2.30. The van der Waals surface area contributed by atoms with Gasteiger partial charge < -0.3 is 4.74 Å². The minimum absolute atomic E-state index is 0.00440. The van der Waals surface area contributed by atoms with Crippen LogP contribution in [0.1, 0.15) is 76.6 Å². The van der Waals surface area contributed by atoms with E-state index in [2.05, 4.69) is 43.0 Å². The fourth-order valence-electron chi connectivity index (χ4n) is 3.70. The van der Waals surface area contributed by atoms with E-state index in [1.165, 1.54) is 35.9 Å². The summed E-state index contributed by atoms with van der Waals surface area (Å²) >= 11 is 0. The van der Waals surface area contributed by atoms with Crippen molar-refractivity contribution in [3.05, 3.63) is 29.8 Å². The van der Waals surface area contributed by atoms with Gasteiger partial charge in [-0.25, -0.2) is 0 Å². The van der Waals surface area contributed by atoms with Gasteiger partial charge in [0.25, 0.3) is 0 Å². The molecule has 0 spiro atoms. The number of hydrogen-bond donors (Lipinski definition) is 0. The average molecular weight is 370 g/mol. The minimum Gasteiger partial charge on any atom is -0.463 e. The number of aromatic nitrogens is 3. The summed E-state index contributed by atoms with van der Waals surface area (Å²) < 4.78 is 6.90. The Labute approximate surface area is 162 Å². The van der Waals surface area contributed by atoms with Crippen LogP contribution < -0.4 is 4.74 Å². The van der Waals surface area contributed by atoms with E-state index in [9.17, 15) is 4.79 Å². The average Bonchev–Trinajstić information content (AvgIpc) is 3.29. The van der Waals surface area contributed by atoms with E-state index >= 15 is 0 Å². The lowest BCUT2D eigenvalue weighted by Crippen LogP contribution is -2.15. The first-order valence-electron chi connectivity index (χ1n) is 10.1. The number of hydrogen-bond acceptors (Lipinski definition) is 4. The van der Waals surface area contributed by atoms with Gasteiger partial charge in [-0.1, -0.05) is 70.7 Å². The third-order valence-electron chi connectivity index (χ3n) is 5.35. The van der Waals surface area contributed by atoms with E-state index in [1.54, 1.807) is 0 Å². The Hall–Kier alpha value is -2.17. The molecule has 3 rings (SSSR count). The zero-order chi connectivity index (χ0) is 19.4. The molecule has 0 unspecified atom stereocenters. The summed E-state index contributed by atoms with van der Waals surface area (Å²) in [5, 5.41) is 4.33. The topological polar surface area (TPSA) is 57.0 Å². The van der Waals surface area contributed by atoms with Gasteiger partial charge >= 0.3 is 6.01 Å². The zero-order valence-corrected chi connectivity index (χ0v) is 17.0. The van der Waals surface area contributed by atoms with Crippen molar-refractivity contribution in [2.75, 3.05) is 6.61 Å². The molecule has 146 valence electrons. The maximum atomic E-state index is 12.8. The molecular weight excluding hydrogens is 338 g/mol. The molecule has 0 aliphatic heterocycles. The lowest BCUT2D eigenvalue weighted by molar-refractivity contribution is 0.0877. The molecule has 2 aromatic rings. The molecule has 5 heteroatoms.